The Hall–Kier alpha value is -1.70. The second kappa shape index (κ2) is 6.43. The highest BCUT2D eigenvalue weighted by molar-refractivity contribution is 7.89. The van der Waals surface area contributed by atoms with Gasteiger partial charge in [0.2, 0.25) is 10.0 Å². The minimum absolute atomic E-state index is 0.0442. The fourth-order valence-corrected chi connectivity index (χ4v) is 5.44. The van der Waals surface area contributed by atoms with Crippen LogP contribution in [0.5, 0.6) is 0 Å². The third-order valence-corrected chi connectivity index (χ3v) is 7.09. The van der Waals surface area contributed by atoms with Crippen molar-refractivity contribution in [3.05, 3.63) is 52.2 Å². The molecular formula is C16H17NO4S2. The number of carboxylic acid groups (broad SMARTS) is 1. The van der Waals surface area contributed by atoms with Gasteiger partial charge in [-0.1, -0.05) is 30.3 Å². The number of nitrogens with zero attached hydrogens (tertiary/aromatic N) is 1. The van der Waals surface area contributed by atoms with Gasteiger partial charge in [0.1, 0.15) is 4.88 Å². The Balaban J connectivity index is 1.72. The number of aromatic carboxylic acids is 1. The average molecular weight is 351 g/mol. The van der Waals surface area contributed by atoms with E-state index in [0.29, 0.717) is 19.0 Å². The van der Waals surface area contributed by atoms with Gasteiger partial charge in [-0.25, -0.2) is 13.2 Å². The van der Waals surface area contributed by atoms with Gasteiger partial charge < -0.3 is 5.11 Å². The maximum absolute atomic E-state index is 12.6. The summed E-state index contributed by atoms with van der Waals surface area (Å²) in [5.41, 5.74) is 1.24. The molecule has 1 aromatic heterocycles. The maximum atomic E-state index is 12.6. The Bertz CT molecular complexity index is 790. The molecule has 2 aromatic rings. The van der Waals surface area contributed by atoms with E-state index in [2.05, 4.69) is 12.1 Å². The normalized spacial score (nSPS) is 17.2. The molecule has 1 aliphatic heterocycles. The molecule has 122 valence electrons. The lowest BCUT2D eigenvalue weighted by molar-refractivity contribution is 0.0702. The summed E-state index contributed by atoms with van der Waals surface area (Å²) >= 11 is 0.941. The summed E-state index contributed by atoms with van der Waals surface area (Å²) in [7, 11) is -3.60. The third kappa shape index (κ3) is 3.31. The van der Waals surface area contributed by atoms with Crippen LogP contribution in [0.15, 0.2) is 46.7 Å². The number of thiophene rings is 1. The number of sulfonamides is 1. The zero-order valence-electron chi connectivity index (χ0n) is 12.4. The van der Waals surface area contributed by atoms with Crippen LogP contribution in [0.3, 0.4) is 0 Å². The van der Waals surface area contributed by atoms with Gasteiger partial charge in [-0.2, -0.15) is 4.31 Å². The van der Waals surface area contributed by atoms with Gasteiger partial charge in [0.15, 0.2) is 0 Å². The SMILES string of the molecule is O=C(O)c1cc(S(=O)(=O)N2CCC(c3ccccc3)CC2)cs1. The van der Waals surface area contributed by atoms with Crippen LogP contribution in [0, 0.1) is 0 Å². The van der Waals surface area contributed by atoms with Crippen molar-refractivity contribution in [1.82, 2.24) is 4.31 Å². The van der Waals surface area contributed by atoms with E-state index in [1.54, 1.807) is 0 Å². The van der Waals surface area contributed by atoms with Crippen molar-refractivity contribution >= 4 is 27.3 Å². The molecule has 5 nitrogen and oxygen atoms in total. The average Bonchev–Trinajstić information content (AvgIpc) is 3.07. The number of carbonyl (C=O) groups is 1. The number of benzene rings is 1. The van der Waals surface area contributed by atoms with Crippen LogP contribution in [-0.2, 0) is 10.0 Å². The Kier molecular flexibility index (Phi) is 4.52. The topological polar surface area (TPSA) is 74.7 Å². The standard InChI is InChI=1S/C16H17NO4S2/c18-16(19)15-10-14(11-22-15)23(20,21)17-8-6-13(7-9-17)12-4-2-1-3-5-12/h1-5,10-11,13H,6-9H2,(H,18,19). The number of hydrogen-bond acceptors (Lipinski definition) is 4. The zero-order chi connectivity index (χ0) is 16.4. The van der Waals surface area contributed by atoms with E-state index in [9.17, 15) is 13.2 Å². The van der Waals surface area contributed by atoms with E-state index in [-0.39, 0.29) is 9.77 Å². The van der Waals surface area contributed by atoms with Crippen LogP contribution in [-0.4, -0.2) is 36.9 Å². The molecular weight excluding hydrogens is 334 g/mol. The fourth-order valence-electron chi connectivity index (χ4n) is 2.87. The van der Waals surface area contributed by atoms with Crippen LogP contribution in [0.1, 0.15) is 34.0 Å². The highest BCUT2D eigenvalue weighted by Gasteiger charge is 2.31. The molecule has 0 spiro atoms. The summed E-state index contributed by atoms with van der Waals surface area (Å²) in [4.78, 5) is 11.0. The first-order valence-corrected chi connectivity index (χ1v) is 9.67. The summed E-state index contributed by atoms with van der Waals surface area (Å²) in [6, 6.07) is 11.4. The van der Waals surface area contributed by atoms with E-state index >= 15 is 0 Å². The molecule has 0 aliphatic carbocycles. The van der Waals surface area contributed by atoms with Crippen LogP contribution in [0.2, 0.25) is 0 Å². The number of rotatable bonds is 4. The van der Waals surface area contributed by atoms with Crippen LogP contribution in [0.25, 0.3) is 0 Å². The lowest BCUT2D eigenvalue weighted by Crippen LogP contribution is -2.37. The monoisotopic (exact) mass is 351 g/mol. The maximum Gasteiger partial charge on any atom is 0.345 e. The zero-order valence-corrected chi connectivity index (χ0v) is 14.0. The number of hydrogen-bond donors (Lipinski definition) is 1. The van der Waals surface area contributed by atoms with Gasteiger partial charge in [0, 0.05) is 18.5 Å². The first kappa shape index (κ1) is 16.2. The summed E-state index contributed by atoms with van der Waals surface area (Å²) < 4.78 is 26.7. The van der Waals surface area contributed by atoms with Gasteiger partial charge in [0.05, 0.1) is 4.90 Å². The van der Waals surface area contributed by atoms with Crippen molar-refractivity contribution in [3.63, 3.8) is 0 Å². The van der Waals surface area contributed by atoms with Crippen LogP contribution >= 0.6 is 11.3 Å². The molecule has 1 fully saturated rings. The van der Waals surface area contributed by atoms with E-state index in [1.165, 1.54) is 21.3 Å². The summed E-state index contributed by atoms with van der Waals surface area (Å²) in [5.74, 6) is -0.723. The highest BCUT2D eigenvalue weighted by Crippen LogP contribution is 2.31. The van der Waals surface area contributed by atoms with Gasteiger partial charge >= 0.3 is 5.97 Å². The summed E-state index contributed by atoms with van der Waals surface area (Å²) in [6.45, 7) is 0.917. The smallest absolute Gasteiger partial charge is 0.345 e. The summed E-state index contributed by atoms with van der Waals surface area (Å²) in [6.07, 6.45) is 1.55. The molecule has 0 saturated carbocycles. The highest BCUT2D eigenvalue weighted by atomic mass is 32.2. The van der Waals surface area contributed by atoms with Crippen LogP contribution < -0.4 is 0 Å². The van der Waals surface area contributed by atoms with Crippen molar-refractivity contribution < 1.29 is 18.3 Å². The summed E-state index contributed by atoms with van der Waals surface area (Å²) in [5, 5.41) is 10.3. The quantitative estimate of drug-likeness (QED) is 0.919. The van der Waals surface area contributed by atoms with Crippen molar-refractivity contribution in [2.45, 2.75) is 23.7 Å². The van der Waals surface area contributed by atoms with E-state index < -0.39 is 16.0 Å². The lowest BCUT2D eigenvalue weighted by atomic mass is 9.90. The molecule has 1 aromatic carbocycles. The molecule has 3 rings (SSSR count). The molecule has 23 heavy (non-hydrogen) atoms. The van der Waals surface area contributed by atoms with Crippen molar-refractivity contribution in [2.24, 2.45) is 0 Å². The van der Waals surface area contributed by atoms with Crippen molar-refractivity contribution in [2.75, 3.05) is 13.1 Å². The minimum atomic E-state index is -3.60. The largest absolute Gasteiger partial charge is 0.477 e. The Morgan fingerprint density at radius 1 is 1.17 bits per heavy atom. The molecule has 0 bridgehead atoms. The fraction of sp³-hybridized carbons (Fsp3) is 0.312. The molecule has 1 aliphatic rings. The van der Waals surface area contributed by atoms with E-state index in [0.717, 1.165) is 24.2 Å². The van der Waals surface area contributed by atoms with Crippen LogP contribution in [0.4, 0.5) is 0 Å². The molecule has 0 unspecified atom stereocenters. The first-order chi connectivity index (χ1) is 11.0. The molecule has 0 amide bonds. The molecule has 7 heteroatoms. The second-order valence-electron chi connectivity index (χ2n) is 5.54. The molecule has 0 atom stereocenters. The number of piperidine rings is 1. The predicted molar refractivity (Wildman–Crippen MR) is 88.5 cm³/mol. The Morgan fingerprint density at radius 3 is 2.39 bits per heavy atom. The Labute approximate surface area is 139 Å². The number of carboxylic acids is 1. The molecule has 0 radical (unpaired) electrons. The lowest BCUT2D eigenvalue weighted by Gasteiger charge is -2.31. The van der Waals surface area contributed by atoms with Crippen molar-refractivity contribution in [3.8, 4) is 0 Å². The predicted octanol–water partition coefficient (Wildman–Crippen LogP) is 3.01. The van der Waals surface area contributed by atoms with Crippen molar-refractivity contribution in [1.29, 1.82) is 0 Å². The molecule has 2 heterocycles. The van der Waals surface area contributed by atoms with Gasteiger partial charge in [-0.05, 0) is 30.4 Å². The molecule has 1 saturated heterocycles. The second-order valence-corrected chi connectivity index (χ2v) is 8.39. The Morgan fingerprint density at radius 2 is 1.83 bits per heavy atom. The van der Waals surface area contributed by atoms with E-state index in [1.807, 2.05) is 18.2 Å². The molecule has 1 N–H and O–H groups in total. The van der Waals surface area contributed by atoms with Gasteiger partial charge in [0.25, 0.3) is 0 Å². The van der Waals surface area contributed by atoms with Gasteiger partial charge in [-0.3, -0.25) is 0 Å². The van der Waals surface area contributed by atoms with E-state index in [4.69, 9.17) is 5.11 Å². The minimum Gasteiger partial charge on any atom is -0.477 e. The van der Waals surface area contributed by atoms with Gasteiger partial charge in [-0.15, -0.1) is 11.3 Å². The first-order valence-electron chi connectivity index (χ1n) is 7.35. The third-order valence-electron chi connectivity index (χ3n) is 4.15.